The molecule has 3 rings (SSSR count). The van der Waals surface area contributed by atoms with Gasteiger partial charge in [0.2, 0.25) is 11.6 Å². The number of furan rings is 1. The molecule has 1 saturated carbocycles. The smallest absolute Gasteiger partial charge is 0.372 e. The van der Waals surface area contributed by atoms with Crippen molar-refractivity contribution < 1.29 is 19.1 Å². The van der Waals surface area contributed by atoms with E-state index in [0.717, 1.165) is 6.54 Å². The highest BCUT2D eigenvalue weighted by molar-refractivity contribution is 5.86. The van der Waals surface area contributed by atoms with Gasteiger partial charge in [0.1, 0.15) is 6.10 Å². The molecule has 0 bridgehead atoms. The van der Waals surface area contributed by atoms with Crippen molar-refractivity contribution in [2.45, 2.75) is 18.9 Å². The van der Waals surface area contributed by atoms with Crippen LogP contribution in [0.15, 0.2) is 10.5 Å². The molecule has 1 atom stereocenters. The predicted octanol–water partition coefficient (Wildman–Crippen LogP) is 1.58. The number of hydrogen-bond donors (Lipinski definition) is 1. The zero-order valence-electron chi connectivity index (χ0n) is 8.97. The van der Waals surface area contributed by atoms with Crippen LogP contribution >= 0.6 is 0 Å². The van der Waals surface area contributed by atoms with Gasteiger partial charge in [0.05, 0.1) is 6.54 Å². The fourth-order valence-corrected chi connectivity index (χ4v) is 2.09. The van der Waals surface area contributed by atoms with Gasteiger partial charge in [-0.15, -0.1) is 0 Å². The maximum Gasteiger partial charge on any atom is 0.372 e. The summed E-state index contributed by atoms with van der Waals surface area (Å²) in [7, 11) is 1.89. The molecule has 2 aliphatic rings. The predicted molar refractivity (Wildman–Crippen MR) is 56.1 cm³/mol. The number of anilines is 1. The van der Waals surface area contributed by atoms with Crippen molar-refractivity contribution in [3.63, 3.8) is 0 Å². The highest BCUT2D eigenvalue weighted by Gasteiger charge is 2.38. The standard InChI is InChI=1S/C11H13NO4/c1-12-5-9(6-2-3-6)15-7-4-8(11(13)14)16-10(7)12/h4,6,9H,2-3,5H2,1H3,(H,13,14). The summed E-state index contributed by atoms with van der Waals surface area (Å²) < 4.78 is 11.0. The number of fused-ring (bicyclic) bond motifs is 1. The van der Waals surface area contributed by atoms with Gasteiger partial charge in [-0.2, -0.15) is 0 Å². The number of ether oxygens (including phenoxy) is 1. The van der Waals surface area contributed by atoms with E-state index in [1.54, 1.807) is 0 Å². The fourth-order valence-electron chi connectivity index (χ4n) is 2.09. The van der Waals surface area contributed by atoms with E-state index in [2.05, 4.69) is 0 Å². The molecule has 0 saturated heterocycles. The number of hydrogen-bond acceptors (Lipinski definition) is 4. The van der Waals surface area contributed by atoms with Gasteiger partial charge in [0.25, 0.3) is 0 Å². The van der Waals surface area contributed by atoms with Crippen LogP contribution in [0.2, 0.25) is 0 Å². The minimum Gasteiger partial charge on any atom is -0.483 e. The van der Waals surface area contributed by atoms with E-state index in [4.69, 9.17) is 14.3 Å². The second-order valence-corrected chi connectivity index (χ2v) is 4.46. The molecule has 1 aromatic heterocycles. The van der Waals surface area contributed by atoms with Crippen LogP contribution in [-0.2, 0) is 0 Å². The van der Waals surface area contributed by atoms with Crippen molar-refractivity contribution in [3.05, 3.63) is 11.8 Å². The summed E-state index contributed by atoms with van der Waals surface area (Å²) in [5.41, 5.74) is 0. The Labute approximate surface area is 92.6 Å². The van der Waals surface area contributed by atoms with Crippen LogP contribution in [0.25, 0.3) is 0 Å². The van der Waals surface area contributed by atoms with E-state index < -0.39 is 5.97 Å². The molecule has 1 aliphatic heterocycles. The molecule has 0 amide bonds. The van der Waals surface area contributed by atoms with Crippen LogP contribution < -0.4 is 9.64 Å². The average molecular weight is 223 g/mol. The van der Waals surface area contributed by atoms with Crippen LogP contribution in [0.3, 0.4) is 0 Å². The molecule has 0 aromatic carbocycles. The summed E-state index contributed by atoms with van der Waals surface area (Å²) in [4.78, 5) is 12.7. The zero-order chi connectivity index (χ0) is 11.3. The molecular formula is C11H13NO4. The van der Waals surface area contributed by atoms with Crippen LogP contribution in [0, 0.1) is 5.92 Å². The largest absolute Gasteiger partial charge is 0.483 e. The third-order valence-electron chi connectivity index (χ3n) is 3.12. The zero-order valence-corrected chi connectivity index (χ0v) is 8.97. The lowest BCUT2D eigenvalue weighted by Crippen LogP contribution is -2.38. The lowest BCUT2D eigenvalue weighted by molar-refractivity contribution is 0.0663. The lowest BCUT2D eigenvalue weighted by atomic mass is 10.2. The number of carbonyl (C=O) groups is 1. The number of aromatic carboxylic acids is 1. The molecule has 1 unspecified atom stereocenters. The van der Waals surface area contributed by atoms with Gasteiger partial charge in [0.15, 0.2) is 5.75 Å². The monoisotopic (exact) mass is 223 g/mol. The van der Waals surface area contributed by atoms with Crippen molar-refractivity contribution in [3.8, 4) is 5.75 Å². The Bertz CT molecular complexity index is 435. The van der Waals surface area contributed by atoms with Gasteiger partial charge in [-0.25, -0.2) is 4.79 Å². The topological polar surface area (TPSA) is 62.9 Å². The van der Waals surface area contributed by atoms with E-state index in [9.17, 15) is 4.79 Å². The Morgan fingerprint density at radius 2 is 2.31 bits per heavy atom. The van der Waals surface area contributed by atoms with Crippen LogP contribution in [0.4, 0.5) is 5.88 Å². The van der Waals surface area contributed by atoms with Gasteiger partial charge < -0.3 is 19.2 Å². The highest BCUT2D eigenvalue weighted by atomic mass is 16.5. The minimum atomic E-state index is -1.06. The van der Waals surface area contributed by atoms with Crippen LogP contribution in [-0.4, -0.2) is 30.8 Å². The van der Waals surface area contributed by atoms with Gasteiger partial charge in [-0.3, -0.25) is 0 Å². The normalized spacial score (nSPS) is 23.8. The van der Waals surface area contributed by atoms with E-state index in [1.807, 2.05) is 11.9 Å². The molecule has 1 aliphatic carbocycles. The maximum absolute atomic E-state index is 10.8. The average Bonchev–Trinajstić information content (AvgIpc) is 2.97. The van der Waals surface area contributed by atoms with Crippen LogP contribution in [0.1, 0.15) is 23.4 Å². The Hall–Kier alpha value is -1.65. The number of rotatable bonds is 2. The second kappa shape index (κ2) is 3.17. The molecule has 1 fully saturated rings. The lowest BCUT2D eigenvalue weighted by Gasteiger charge is -2.30. The first-order chi connectivity index (χ1) is 7.65. The summed E-state index contributed by atoms with van der Waals surface area (Å²) in [6, 6.07) is 1.46. The van der Waals surface area contributed by atoms with Gasteiger partial charge in [-0.05, 0) is 18.8 Å². The Morgan fingerprint density at radius 3 is 2.94 bits per heavy atom. The van der Waals surface area contributed by atoms with Crippen molar-refractivity contribution in [2.24, 2.45) is 5.92 Å². The Morgan fingerprint density at radius 1 is 1.56 bits per heavy atom. The second-order valence-electron chi connectivity index (χ2n) is 4.46. The molecule has 0 radical (unpaired) electrons. The van der Waals surface area contributed by atoms with Crippen molar-refractivity contribution >= 4 is 11.9 Å². The summed E-state index contributed by atoms with van der Waals surface area (Å²) in [5, 5.41) is 8.84. The van der Waals surface area contributed by atoms with E-state index >= 15 is 0 Å². The number of carboxylic acids is 1. The summed E-state index contributed by atoms with van der Waals surface area (Å²) >= 11 is 0. The van der Waals surface area contributed by atoms with Crippen molar-refractivity contribution in [1.29, 1.82) is 0 Å². The summed E-state index contributed by atoms with van der Waals surface area (Å²) in [6.07, 6.45) is 2.59. The molecule has 5 nitrogen and oxygen atoms in total. The minimum absolute atomic E-state index is 0.0618. The molecule has 1 N–H and O–H groups in total. The quantitative estimate of drug-likeness (QED) is 0.824. The first-order valence-corrected chi connectivity index (χ1v) is 5.40. The van der Waals surface area contributed by atoms with Crippen molar-refractivity contribution in [2.75, 3.05) is 18.5 Å². The van der Waals surface area contributed by atoms with Gasteiger partial charge in [0, 0.05) is 13.1 Å². The molecular weight excluding hydrogens is 210 g/mol. The highest BCUT2D eigenvalue weighted by Crippen LogP contribution is 2.42. The molecule has 1 aromatic rings. The fraction of sp³-hybridized carbons (Fsp3) is 0.545. The molecule has 16 heavy (non-hydrogen) atoms. The maximum atomic E-state index is 10.8. The first kappa shape index (κ1) is 9.57. The Kier molecular flexibility index (Phi) is 1.89. The molecule has 86 valence electrons. The SMILES string of the molecule is CN1CC(C2CC2)Oc2cc(C(=O)O)oc21. The van der Waals surface area contributed by atoms with Crippen LogP contribution in [0.5, 0.6) is 5.75 Å². The van der Waals surface area contributed by atoms with Gasteiger partial charge >= 0.3 is 5.97 Å². The van der Waals surface area contributed by atoms with E-state index in [-0.39, 0.29) is 11.9 Å². The third-order valence-corrected chi connectivity index (χ3v) is 3.12. The Balaban J connectivity index is 1.91. The van der Waals surface area contributed by atoms with Crippen molar-refractivity contribution in [1.82, 2.24) is 0 Å². The number of likely N-dealkylation sites (N-methyl/N-ethyl adjacent to an activating group) is 1. The first-order valence-electron chi connectivity index (χ1n) is 5.40. The molecule has 0 spiro atoms. The summed E-state index contributed by atoms with van der Waals surface area (Å²) in [6.45, 7) is 0.768. The van der Waals surface area contributed by atoms with E-state index in [1.165, 1.54) is 18.9 Å². The summed E-state index contributed by atoms with van der Waals surface area (Å²) in [5.74, 6) is 0.582. The molecule has 2 heterocycles. The van der Waals surface area contributed by atoms with Gasteiger partial charge in [-0.1, -0.05) is 0 Å². The number of nitrogens with zero attached hydrogens (tertiary/aromatic N) is 1. The van der Waals surface area contributed by atoms with E-state index in [0.29, 0.717) is 17.6 Å². The third kappa shape index (κ3) is 1.43. The number of carboxylic acid groups (broad SMARTS) is 1. The molecule has 5 heteroatoms.